The zero-order valence-corrected chi connectivity index (χ0v) is 19.6. The normalized spacial score (nSPS) is 11.5. The molecule has 0 spiro atoms. The average molecular weight is 445 g/mol. The SMILES string of the molecule is CCNC(=O)C(Cc1ccccc1)N(Cc1ccccc1)C(=O)COc1ccc(C)c(C)c1. The summed E-state index contributed by atoms with van der Waals surface area (Å²) in [4.78, 5) is 28.2. The third-order valence-electron chi connectivity index (χ3n) is 5.66. The summed E-state index contributed by atoms with van der Waals surface area (Å²) in [5.41, 5.74) is 4.22. The van der Waals surface area contributed by atoms with Crippen LogP contribution in [0.4, 0.5) is 0 Å². The monoisotopic (exact) mass is 444 g/mol. The summed E-state index contributed by atoms with van der Waals surface area (Å²) in [6.45, 7) is 6.61. The van der Waals surface area contributed by atoms with Gasteiger partial charge in [0, 0.05) is 19.5 Å². The van der Waals surface area contributed by atoms with Crippen LogP contribution in [-0.4, -0.2) is 35.9 Å². The van der Waals surface area contributed by atoms with Crippen LogP contribution >= 0.6 is 0 Å². The van der Waals surface area contributed by atoms with Crippen molar-refractivity contribution in [3.8, 4) is 5.75 Å². The number of aryl methyl sites for hydroxylation is 2. The zero-order valence-electron chi connectivity index (χ0n) is 19.6. The second-order valence-corrected chi connectivity index (χ2v) is 8.14. The molecule has 0 radical (unpaired) electrons. The highest BCUT2D eigenvalue weighted by atomic mass is 16.5. The molecule has 33 heavy (non-hydrogen) atoms. The molecule has 3 aromatic rings. The van der Waals surface area contributed by atoms with Gasteiger partial charge in [-0.25, -0.2) is 0 Å². The van der Waals surface area contributed by atoms with Crippen molar-refractivity contribution < 1.29 is 14.3 Å². The molecule has 0 aliphatic carbocycles. The van der Waals surface area contributed by atoms with Gasteiger partial charge in [-0.2, -0.15) is 0 Å². The Morgan fingerprint density at radius 2 is 1.52 bits per heavy atom. The third kappa shape index (κ3) is 6.94. The molecule has 0 aliphatic rings. The summed E-state index contributed by atoms with van der Waals surface area (Å²) in [7, 11) is 0. The van der Waals surface area contributed by atoms with Gasteiger partial charge < -0.3 is 15.0 Å². The first-order valence-electron chi connectivity index (χ1n) is 11.3. The lowest BCUT2D eigenvalue weighted by molar-refractivity contribution is -0.142. The second kappa shape index (κ2) is 11.9. The van der Waals surface area contributed by atoms with Crippen LogP contribution in [0.5, 0.6) is 5.75 Å². The molecule has 1 unspecified atom stereocenters. The first kappa shape index (κ1) is 24.1. The molecule has 0 saturated heterocycles. The van der Waals surface area contributed by atoms with Crippen LogP contribution in [0.25, 0.3) is 0 Å². The second-order valence-electron chi connectivity index (χ2n) is 8.14. The van der Waals surface area contributed by atoms with Crippen molar-refractivity contribution in [1.82, 2.24) is 10.2 Å². The predicted molar refractivity (Wildman–Crippen MR) is 131 cm³/mol. The van der Waals surface area contributed by atoms with Gasteiger partial charge in [0.2, 0.25) is 5.91 Å². The van der Waals surface area contributed by atoms with Gasteiger partial charge >= 0.3 is 0 Å². The summed E-state index contributed by atoms with van der Waals surface area (Å²) in [6, 6.07) is 24.6. The number of carbonyl (C=O) groups excluding carboxylic acids is 2. The maximum atomic E-state index is 13.4. The summed E-state index contributed by atoms with van der Waals surface area (Å²) in [5.74, 6) is 0.241. The Morgan fingerprint density at radius 3 is 2.12 bits per heavy atom. The molecule has 172 valence electrons. The van der Waals surface area contributed by atoms with E-state index in [0.29, 0.717) is 25.3 Å². The molecular formula is C28H32N2O3. The average Bonchev–Trinajstić information content (AvgIpc) is 2.83. The highest BCUT2D eigenvalue weighted by Gasteiger charge is 2.30. The minimum Gasteiger partial charge on any atom is -0.484 e. The fraction of sp³-hybridized carbons (Fsp3) is 0.286. The van der Waals surface area contributed by atoms with E-state index < -0.39 is 6.04 Å². The summed E-state index contributed by atoms with van der Waals surface area (Å²) >= 11 is 0. The number of carbonyl (C=O) groups is 2. The summed E-state index contributed by atoms with van der Waals surface area (Å²) < 4.78 is 5.84. The quantitative estimate of drug-likeness (QED) is 0.502. The molecule has 1 N–H and O–H groups in total. The van der Waals surface area contributed by atoms with Gasteiger partial charge in [-0.05, 0) is 55.2 Å². The van der Waals surface area contributed by atoms with E-state index in [1.807, 2.05) is 99.6 Å². The lowest BCUT2D eigenvalue weighted by Gasteiger charge is -2.31. The maximum Gasteiger partial charge on any atom is 0.261 e. The fourth-order valence-corrected chi connectivity index (χ4v) is 3.66. The molecule has 0 bridgehead atoms. The van der Waals surface area contributed by atoms with E-state index in [-0.39, 0.29) is 18.4 Å². The summed E-state index contributed by atoms with van der Waals surface area (Å²) in [6.07, 6.45) is 0.425. The van der Waals surface area contributed by atoms with E-state index in [9.17, 15) is 9.59 Å². The van der Waals surface area contributed by atoms with Crippen LogP contribution in [0.2, 0.25) is 0 Å². The number of benzene rings is 3. The minimum absolute atomic E-state index is 0.139. The van der Waals surface area contributed by atoms with Crippen molar-refractivity contribution in [3.05, 3.63) is 101 Å². The van der Waals surface area contributed by atoms with Crippen molar-refractivity contribution in [2.75, 3.05) is 13.2 Å². The molecule has 3 rings (SSSR count). The molecule has 5 nitrogen and oxygen atoms in total. The Bertz CT molecular complexity index is 1050. The van der Waals surface area contributed by atoms with Crippen LogP contribution in [0, 0.1) is 13.8 Å². The number of likely N-dealkylation sites (N-methyl/N-ethyl adjacent to an activating group) is 1. The number of ether oxygens (including phenoxy) is 1. The number of nitrogens with one attached hydrogen (secondary N) is 1. The van der Waals surface area contributed by atoms with Gasteiger partial charge in [0.1, 0.15) is 11.8 Å². The molecule has 0 fully saturated rings. The van der Waals surface area contributed by atoms with Crippen LogP contribution in [-0.2, 0) is 22.6 Å². The van der Waals surface area contributed by atoms with E-state index in [1.54, 1.807) is 4.90 Å². The standard InChI is InChI=1S/C28H32N2O3/c1-4-29-28(32)26(18-23-11-7-5-8-12-23)30(19-24-13-9-6-10-14-24)27(31)20-33-25-16-15-21(2)22(3)17-25/h5-17,26H,4,18-20H2,1-3H3,(H,29,32). The predicted octanol–water partition coefficient (Wildman–Crippen LogP) is 4.46. The smallest absolute Gasteiger partial charge is 0.261 e. The van der Waals surface area contributed by atoms with E-state index >= 15 is 0 Å². The van der Waals surface area contributed by atoms with Crippen LogP contribution in [0.15, 0.2) is 78.9 Å². The number of nitrogens with zero attached hydrogens (tertiary/aromatic N) is 1. The molecular weight excluding hydrogens is 412 g/mol. The van der Waals surface area contributed by atoms with Gasteiger partial charge in [0.25, 0.3) is 5.91 Å². The van der Waals surface area contributed by atoms with Gasteiger partial charge in [-0.3, -0.25) is 9.59 Å². The van der Waals surface area contributed by atoms with Gasteiger partial charge in [0.05, 0.1) is 0 Å². The highest BCUT2D eigenvalue weighted by Crippen LogP contribution is 2.18. The summed E-state index contributed by atoms with van der Waals surface area (Å²) in [5, 5.41) is 2.90. The molecule has 0 heterocycles. The molecule has 2 amide bonds. The Kier molecular flexibility index (Phi) is 8.64. The van der Waals surface area contributed by atoms with Crippen molar-refractivity contribution in [2.45, 2.75) is 39.8 Å². The zero-order chi connectivity index (χ0) is 23.6. The Hall–Kier alpha value is -3.60. The van der Waals surface area contributed by atoms with E-state index in [2.05, 4.69) is 5.32 Å². The number of amides is 2. The Balaban J connectivity index is 1.86. The Labute approximate surface area is 196 Å². The Morgan fingerprint density at radius 1 is 0.879 bits per heavy atom. The maximum absolute atomic E-state index is 13.4. The van der Waals surface area contributed by atoms with Crippen LogP contribution < -0.4 is 10.1 Å². The molecule has 5 heteroatoms. The molecule has 0 aromatic heterocycles. The third-order valence-corrected chi connectivity index (χ3v) is 5.66. The van der Waals surface area contributed by atoms with Crippen LogP contribution in [0.1, 0.15) is 29.2 Å². The topological polar surface area (TPSA) is 58.6 Å². The number of hydrogen-bond donors (Lipinski definition) is 1. The lowest BCUT2D eigenvalue weighted by Crippen LogP contribution is -2.51. The highest BCUT2D eigenvalue weighted by molar-refractivity contribution is 5.88. The molecule has 0 saturated carbocycles. The first-order chi connectivity index (χ1) is 16.0. The van der Waals surface area contributed by atoms with Gasteiger partial charge in [0.15, 0.2) is 6.61 Å². The molecule has 1 atom stereocenters. The van der Waals surface area contributed by atoms with Gasteiger partial charge in [-0.15, -0.1) is 0 Å². The van der Waals surface area contributed by atoms with Gasteiger partial charge in [-0.1, -0.05) is 66.7 Å². The van der Waals surface area contributed by atoms with Crippen LogP contribution in [0.3, 0.4) is 0 Å². The molecule has 3 aromatic carbocycles. The molecule has 0 aliphatic heterocycles. The number of rotatable bonds is 10. The van der Waals surface area contributed by atoms with E-state index in [1.165, 1.54) is 5.56 Å². The van der Waals surface area contributed by atoms with Crippen molar-refractivity contribution in [3.63, 3.8) is 0 Å². The number of hydrogen-bond acceptors (Lipinski definition) is 3. The first-order valence-corrected chi connectivity index (χ1v) is 11.3. The van der Waals surface area contributed by atoms with Crippen molar-refractivity contribution >= 4 is 11.8 Å². The fourth-order valence-electron chi connectivity index (χ4n) is 3.66. The minimum atomic E-state index is -0.650. The van der Waals surface area contributed by atoms with Crippen molar-refractivity contribution in [2.24, 2.45) is 0 Å². The van der Waals surface area contributed by atoms with E-state index in [0.717, 1.165) is 16.7 Å². The van der Waals surface area contributed by atoms with Crippen molar-refractivity contribution in [1.29, 1.82) is 0 Å². The van der Waals surface area contributed by atoms with E-state index in [4.69, 9.17) is 4.74 Å². The largest absolute Gasteiger partial charge is 0.484 e. The lowest BCUT2D eigenvalue weighted by atomic mass is 10.0.